The van der Waals surface area contributed by atoms with E-state index in [1.807, 2.05) is 6.08 Å². The number of hydrogen-bond donors (Lipinski definition) is 0. The van der Waals surface area contributed by atoms with Crippen molar-refractivity contribution in [2.75, 3.05) is 13.6 Å². The third-order valence-corrected chi connectivity index (χ3v) is 4.71. The Morgan fingerprint density at radius 2 is 1.71 bits per heavy atom. The summed E-state index contributed by atoms with van der Waals surface area (Å²) in [5.41, 5.74) is 5.54. The lowest BCUT2D eigenvalue weighted by Gasteiger charge is -2.16. The number of rotatable bonds is 5. The lowest BCUT2D eigenvalue weighted by Crippen LogP contribution is -2.17. The van der Waals surface area contributed by atoms with Gasteiger partial charge in [0.1, 0.15) is 5.82 Å². The summed E-state index contributed by atoms with van der Waals surface area (Å²) in [6, 6.07) is 13.6. The van der Waals surface area contributed by atoms with E-state index in [0.29, 0.717) is 0 Å². The van der Waals surface area contributed by atoms with E-state index in [0.717, 1.165) is 18.7 Å². The molecule has 0 aliphatic heterocycles. The summed E-state index contributed by atoms with van der Waals surface area (Å²) in [4.78, 5) is 2.30. The largest absolute Gasteiger partial charge is 0.298 e. The van der Waals surface area contributed by atoms with Gasteiger partial charge in [-0.1, -0.05) is 48.9 Å². The molecule has 0 amide bonds. The van der Waals surface area contributed by atoms with Crippen molar-refractivity contribution >= 4 is 6.08 Å². The van der Waals surface area contributed by atoms with Crippen LogP contribution in [-0.4, -0.2) is 18.5 Å². The van der Waals surface area contributed by atoms with Gasteiger partial charge >= 0.3 is 0 Å². The van der Waals surface area contributed by atoms with E-state index in [4.69, 9.17) is 0 Å². The zero-order valence-corrected chi connectivity index (χ0v) is 14.5. The summed E-state index contributed by atoms with van der Waals surface area (Å²) in [6.07, 6.45) is 10.7. The Labute approximate surface area is 144 Å². The number of nitrogens with zero attached hydrogens (tertiary/aromatic N) is 1. The predicted octanol–water partition coefficient (Wildman–Crippen LogP) is 5.24. The molecule has 0 atom stereocenters. The minimum atomic E-state index is -0.188. The van der Waals surface area contributed by atoms with Crippen molar-refractivity contribution in [3.8, 4) is 0 Å². The van der Waals surface area contributed by atoms with E-state index in [1.54, 1.807) is 23.3 Å². The summed E-state index contributed by atoms with van der Waals surface area (Å²) in [5, 5.41) is 0. The van der Waals surface area contributed by atoms with Crippen LogP contribution in [0.2, 0.25) is 0 Å². The highest BCUT2D eigenvalue weighted by Crippen LogP contribution is 2.22. The van der Waals surface area contributed by atoms with Crippen LogP contribution in [0.15, 0.2) is 48.5 Å². The monoisotopic (exact) mass is 323 g/mol. The zero-order chi connectivity index (χ0) is 16.8. The van der Waals surface area contributed by atoms with Crippen molar-refractivity contribution in [1.29, 1.82) is 0 Å². The summed E-state index contributed by atoms with van der Waals surface area (Å²) in [6.45, 7) is 1.84. The molecule has 2 aromatic carbocycles. The fourth-order valence-electron chi connectivity index (χ4n) is 3.38. The van der Waals surface area contributed by atoms with Crippen LogP contribution in [0.4, 0.5) is 4.39 Å². The Morgan fingerprint density at radius 3 is 2.50 bits per heavy atom. The summed E-state index contributed by atoms with van der Waals surface area (Å²) in [7, 11) is 2.14. The van der Waals surface area contributed by atoms with Gasteiger partial charge in [0.05, 0.1) is 0 Å². The van der Waals surface area contributed by atoms with E-state index in [1.165, 1.54) is 49.8 Å². The Morgan fingerprint density at radius 1 is 0.958 bits per heavy atom. The van der Waals surface area contributed by atoms with E-state index in [-0.39, 0.29) is 5.82 Å². The van der Waals surface area contributed by atoms with Crippen LogP contribution >= 0.6 is 0 Å². The highest BCUT2D eigenvalue weighted by Gasteiger charge is 2.09. The third kappa shape index (κ3) is 4.78. The van der Waals surface area contributed by atoms with Gasteiger partial charge in [-0.25, -0.2) is 4.39 Å². The van der Waals surface area contributed by atoms with Crippen LogP contribution in [0.25, 0.3) is 6.08 Å². The van der Waals surface area contributed by atoms with Gasteiger partial charge in [-0.3, -0.25) is 4.90 Å². The number of halogens is 1. The van der Waals surface area contributed by atoms with Gasteiger partial charge in [0.15, 0.2) is 0 Å². The van der Waals surface area contributed by atoms with Gasteiger partial charge in [0.2, 0.25) is 0 Å². The first-order valence-electron chi connectivity index (χ1n) is 8.92. The second-order valence-corrected chi connectivity index (χ2v) is 6.81. The Hall–Kier alpha value is -1.93. The highest BCUT2D eigenvalue weighted by atomic mass is 19.1. The van der Waals surface area contributed by atoms with E-state index in [9.17, 15) is 4.39 Å². The first-order chi connectivity index (χ1) is 11.7. The summed E-state index contributed by atoms with van der Waals surface area (Å²) >= 11 is 0. The first kappa shape index (κ1) is 16.9. The van der Waals surface area contributed by atoms with Gasteiger partial charge in [0, 0.05) is 13.1 Å². The molecule has 0 N–H and O–H groups in total. The van der Waals surface area contributed by atoms with Crippen molar-refractivity contribution in [3.05, 3.63) is 76.6 Å². The number of aryl methyl sites for hydroxylation is 2. The van der Waals surface area contributed by atoms with Crippen molar-refractivity contribution in [2.24, 2.45) is 0 Å². The molecule has 0 unspecified atom stereocenters. The quantitative estimate of drug-likeness (QED) is 0.680. The average Bonchev–Trinajstić information content (AvgIpc) is 2.81. The minimum absolute atomic E-state index is 0.188. The molecule has 1 aliphatic carbocycles. The molecule has 0 fully saturated rings. The van der Waals surface area contributed by atoms with Crippen molar-refractivity contribution in [2.45, 2.75) is 38.6 Å². The zero-order valence-electron chi connectivity index (χ0n) is 14.5. The second-order valence-electron chi connectivity index (χ2n) is 6.81. The highest BCUT2D eigenvalue weighted by molar-refractivity contribution is 5.49. The Bertz CT molecular complexity index is 688. The smallest absolute Gasteiger partial charge is 0.123 e. The van der Waals surface area contributed by atoms with Gasteiger partial charge in [-0.2, -0.15) is 0 Å². The molecule has 126 valence electrons. The van der Waals surface area contributed by atoms with Crippen LogP contribution in [0.1, 0.15) is 41.5 Å². The van der Waals surface area contributed by atoms with E-state index >= 15 is 0 Å². The lowest BCUT2D eigenvalue weighted by molar-refractivity contribution is 0.364. The molecule has 0 saturated heterocycles. The van der Waals surface area contributed by atoms with E-state index in [2.05, 4.69) is 36.2 Å². The van der Waals surface area contributed by atoms with Crippen LogP contribution < -0.4 is 0 Å². The number of benzene rings is 2. The molecule has 1 aliphatic rings. The molecule has 0 radical (unpaired) electrons. The second kappa shape index (κ2) is 8.25. The minimum Gasteiger partial charge on any atom is -0.298 e. The van der Waals surface area contributed by atoms with Crippen molar-refractivity contribution < 1.29 is 4.39 Å². The third-order valence-electron chi connectivity index (χ3n) is 4.71. The molecule has 2 aromatic rings. The maximum atomic E-state index is 12.9. The molecule has 0 aromatic heterocycles. The number of fused-ring (bicyclic) bond motifs is 1. The molecule has 1 nitrogen and oxygen atoms in total. The maximum absolute atomic E-state index is 12.9. The fourth-order valence-corrected chi connectivity index (χ4v) is 3.38. The maximum Gasteiger partial charge on any atom is 0.123 e. The number of likely N-dealkylation sites (N-methyl/N-ethyl adjacent to an activating group) is 1. The van der Waals surface area contributed by atoms with Crippen molar-refractivity contribution in [3.63, 3.8) is 0 Å². The molecule has 0 heterocycles. The normalized spacial score (nSPS) is 14.8. The van der Waals surface area contributed by atoms with Gasteiger partial charge in [0.25, 0.3) is 0 Å². The summed E-state index contributed by atoms with van der Waals surface area (Å²) in [5.74, 6) is -0.188. The first-order valence-corrected chi connectivity index (χ1v) is 8.92. The Balaban J connectivity index is 1.55. The molecule has 0 spiro atoms. The van der Waals surface area contributed by atoms with Gasteiger partial charge in [-0.05, 0) is 67.1 Å². The van der Waals surface area contributed by atoms with Gasteiger partial charge < -0.3 is 0 Å². The van der Waals surface area contributed by atoms with Crippen molar-refractivity contribution in [1.82, 2.24) is 4.90 Å². The van der Waals surface area contributed by atoms with Gasteiger partial charge in [-0.15, -0.1) is 0 Å². The Kier molecular flexibility index (Phi) is 5.81. The standard InChI is InChI=1S/C22H26FN/c1-24(15-5-6-18-10-13-22(23)14-11-18)17-19-9-12-20-7-3-2-4-8-21(20)16-19/h5-6,9-14,16H,2-4,7-8,15,17H2,1H3. The van der Waals surface area contributed by atoms with Crippen LogP contribution in [0.5, 0.6) is 0 Å². The SMILES string of the molecule is CN(CC=Cc1ccc(F)cc1)Cc1ccc2c(c1)CCCCC2. The fraction of sp³-hybridized carbons (Fsp3) is 0.364. The molecule has 0 bridgehead atoms. The van der Waals surface area contributed by atoms with Crippen LogP contribution in [0, 0.1) is 5.82 Å². The summed E-state index contributed by atoms with van der Waals surface area (Å²) < 4.78 is 12.9. The predicted molar refractivity (Wildman–Crippen MR) is 99.5 cm³/mol. The molecule has 2 heteroatoms. The lowest BCUT2D eigenvalue weighted by atomic mass is 10.00. The van der Waals surface area contributed by atoms with Crippen LogP contribution in [-0.2, 0) is 19.4 Å². The van der Waals surface area contributed by atoms with Crippen LogP contribution in [0.3, 0.4) is 0 Å². The molecule has 0 saturated carbocycles. The topological polar surface area (TPSA) is 3.24 Å². The molecular formula is C22H26FN. The molecular weight excluding hydrogens is 297 g/mol. The van der Waals surface area contributed by atoms with E-state index < -0.39 is 0 Å². The number of hydrogen-bond acceptors (Lipinski definition) is 1. The molecule has 3 rings (SSSR count). The average molecular weight is 323 g/mol. The molecule has 24 heavy (non-hydrogen) atoms.